The third-order valence-corrected chi connectivity index (χ3v) is 5.99. The van der Waals surface area contributed by atoms with Crippen LogP contribution in [0.2, 0.25) is 0 Å². The molecule has 1 N–H and O–H groups in total. The lowest BCUT2D eigenvalue weighted by molar-refractivity contribution is -0.271. The van der Waals surface area contributed by atoms with Crippen molar-refractivity contribution >= 4 is 27.0 Å². The van der Waals surface area contributed by atoms with Gasteiger partial charge in [-0.1, -0.05) is 25.1 Å². The Bertz CT molecular complexity index is 791. The van der Waals surface area contributed by atoms with Crippen molar-refractivity contribution in [3.05, 3.63) is 35.9 Å². The summed E-state index contributed by atoms with van der Waals surface area (Å²) in [5.74, 6) is -0.0324. The van der Waals surface area contributed by atoms with E-state index in [0.29, 0.717) is 18.4 Å². The first kappa shape index (κ1) is 21.9. The van der Waals surface area contributed by atoms with Crippen LogP contribution in [0, 0.1) is 0 Å². The molecular weight excluding hydrogens is 407 g/mol. The van der Waals surface area contributed by atoms with Crippen molar-refractivity contribution in [3.63, 3.8) is 0 Å². The molecule has 0 heterocycles. The lowest BCUT2D eigenvalue weighted by Gasteiger charge is -2.25. The molecule has 0 aromatic heterocycles. The Kier molecular flexibility index (Phi) is 7.43. The fourth-order valence-electron chi connectivity index (χ4n) is 2.74. The van der Waals surface area contributed by atoms with E-state index in [9.17, 15) is 25.8 Å². The second-order valence-electron chi connectivity index (χ2n) is 5.92. The number of nitrogens with one attached hydrogen (secondary N) is 1. The highest BCUT2D eigenvalue weighted by Gasteiger charge is 2.34. The highest BCUT2D eigenvalue weighted by Crippen LogP contribution is 2.29. The zero-order chi connectivity index (χ0) is 20.1. The van der Waals surface area contributed by atoms with E-state index in [-0.39, 0.29) is 17.5 Å². The van der Waals surface area contributed by atoms with Gasteiger partial charge in [-0.2, -0.15) is 8.39 Å². The van der Waals surface area contributed by atoms with Crippen molar-refractivity contribution in [3.8, 4) is 5.75 Å². The average Bonchev–Trinajstić information content (AvgIpc) is 2.54. The number of halogens is 3. The third-order valence-electron chi connectivity index (χ3n) is 3.75. The second kappa shape index (κ2) is 9.18. The van der Waals surface area contributed by atoms with E-state index in [4.69, 9.17) is 0 Å². The first-order valence-corrected chi connectivity index (χ1v) is 10.9. The van der Waals surface area contributed by atoms with Gasteiger partial charge >= 0.3 is 17.7 Å². The molecule has 1 aromatic rings. The van der Waals surface area contributed by atoms with Gasteiger partial charge in [-0.05, 0) is 49.0 Å². The molecule has 152 valence electrons. The highest BCUT2D eigenvalue weighted by molar-refractivity contribution is 7.89. The summed E-state index contributed by atoms with van der Waals surface area (Å²) in [5.41, 5.74) is 1.49. The molecule has 1 aromatic carbocycles. The first-order chi connectivity index (χ1) is 12.6. The molecule has 0 bridgehead atoms. The molecule has 1 aliphatic rings. The van der Waals surface area contributed by atoms with Gasteiger partial charge < -0.3 is 4.18 Å². The van der Waals surface area contributed by atoms with E-state index in [0.717, 1.165) is 18.4 Å². The van der Waals surface area contributed by atoms with Crippen LogP contribution in [-0.4, -0.2) is 30.8 Å². The largest absolute Gasteiger partial charge is 0.537 e. The molecule has 2 atom stereocenters. The molecule has 0 radical (unpaired) electrons. The summed E-state index contributed by atoms with van der Waals surface area (Å²) >= 11 is -3.01. The van der Waals surface area contributed by atoms with Gasteiger partial charge in [0.25, 0.3) is 0 Å². The molecule has 0 saturated carbocycles. The molecular formula is C16H20F3NO5S2. The first-order valence-electron chi connectivity index (χ1n) is 8.26. The van der Waals surface area contributed by atoms with Gasteiger partial charge in [0.15, 0.2) is 0 Å². The minimum Gasteiger partial charge on any atom is -0.380 e. The van der Waals surface area contributed by atoms with E-state index < -0.39 is 27.7 Å². The van der Waals surface area contributed by atoms with Crippen LogP contribution in [0.3, 0.4) is 0 Å². The Labute approximate surface area is 158 Å². The smallest absolute Gasteiger partial charge is 0.380 e. The van der Waals surface area contributed by atoms with Crippen molar-refractivity contribution in [1.29, 1.82) is 0 Å². The van der Waals surface area contributed by atoms with Gasteiger partial charge in [-0.15, -0.1) is 13.2 Å². The number of hydrogen-bond acceptors (Lipinski definition) is 5. The Hall–Kier alpha value is -1.43. The fraction of sp³-hybridized carbons (Fsp3) is 0.500. The van der Waals surface area contributed by atoms with Gasteiger partial charge in [0, 0.05) is 6.04 Å². The predicted octanol–water partition coefficient (Wildman–Crippen LogP) is 3.45. The topological polar surface area (TPSA) is 81.7 Å². The maximum absolute atomic E-state index is 12.1. The molecule has 6 nitrogen and oxygen atoms in total. The van der Waals surface area contributed by atoms with Crippen LogP contribution in [0.4, 0.5) is 13.2 Å². The minimum absolute atomic E-state index is 0.0363. The van der Waals surface area contributed by atoms with Crippen LogP contribution in [0.1, 0.15) is 38.2 Å². The Balaban J connectivity index is 2.10. The van der Waals surface area contributed by atoms with Crippen molar-refractivity contribution in [2.24, 2.45) is 0 Å². The summed E-state index contributed by atoms with van der Waals surface area (Å²) in [4.78, 5) is 0. The predicted molar refractivity (Wildman–Crippen MR) is 95.2 cm³/mol. The van der Waals surface area contributed by atoms with Gasteiger partial charge in [0.1, 0.15) is 5.75 Å². The monoisotopic (exact) mass is 427 g/mol. The van der Waals surface area contributed by atoms with E-state index >= 15 is 0 Å². The summed E-state index contributed by atoms with van der Waals surface area (Å²) in [7, 11) is -3.39. The van der Waals surface area contributed by atoms with Gasteiger partial charge in [0.05, 0.1) is 5.75 Å². The summed E-state index contributed by atoms with van der Waals surface area (Å²) in [5, 5.41) is 0. The standard InChI is InChI=1S/C16H20F3NO5S2/c1-2-11-27(22,23)20-15-6-4-3-5-14(15)12-7-9-13(10-8-12)24-26(21)25-16(17,18)19/h5,7-10,15,20H,2-4,6,11H2,1H3. The summed E-state index contributed by atoms with van der Waals surface area (Å²) in [6, 6.07) is 5.46. The van der Waals surface area contributed by atoms with E-state index in [2.05, 4.69) is 13.1 Å². The second-order valence-corrected chi connectivity index (χ2v) is 8.54. The molecule has 11 heteroatoms. The Morgan fingerprint density at radius 2 is 1.93 bits per heavy atom. The molecule has 0 fully saturated rings. The number of hydrogen-bond donors (Lipinski definition) is 1. The van der Waals surface area contributed by atoms with Gasteiger partial charge in [0.2, 0.25) is 10.0 Å². The van der Waals surface area contributed by atoms with Crippen LogP contribution in [0.15, 0.2) is 30.3 Å². The molecule has 0 saturated heterocycles. The molecule has 0 aliphatic heterocycles. The maximum Gasteiger partial charge on any atom is 0.537 e. The molecule has 27 heavy (non-hydrogen) atoms. The average molecular weight is 427 g/mol. The number of sulfonamides is 1. The number of benzene rings is 1. The summed E-state index contributed by atoms with van der Waals surface area (Å²) in [6.07, 6.45) is -0.342. The quantitative estimate of drug-likeness (QED) is 0.687. The van der Waals surface area contributed by atoms with Gasteiger partial charge in [-0.25, -0.2) is 13.1 Å². The molecule has 0 spiro atoms. The van der Waals surface area contributed by atoms with E-state index in [1.165, 1.54) is 12.1 Å². The van der Waals surface area contributed by atoms with Crippen LogP contribution in [-0.2, 0) is 25.6 Å². The number of rotatable bonds is 8. The van der Waals surface area contributed by atoms with E-state index in [1.807, 2.05) is 6.08 Å². The normalized spacial score (nSPS) is 19.4. The Morgan fingerprint density at radius 1 is 1.26 bits per heavy atom. The lowest BCUT2D eigenvalue weighted by Crippen LogP contribution is -2.38. The fourth-order valence-corrected chi connectivity index (χ4v) is 4.53. The van der Waals surface area contributed by atoms with Crippen molar-refractivity contribution < 1.29 is 34.2 Å². The molecule has 1 aliphatic carbocycles. The number of alkyl halides is 3. The van der Waals surface area contributed by atoms with Crippen molar-refractivity contribution in [2.45, 2.75) is 45.0 Å². The maximum atomic E-state index is 12.1. The Morgan fingerprint density at radius 3 is 2.52 bits per heavy atom. The summed E-state index contributed by atoms with van der Waals surface area (Å²) in [6.45, 7) is 1.78. The van der Waals surface area contributed by atoms with Crippen molar-refractivity contribution in [1.82, 2.24) is 4.72 Å². The van der Waals surface area contributed by atoms with Crippen LogP contribution in [0.5, 0.6) is 5.75 Å². The molecule has 2 rings (SSSR count). The van der Waals surface area contributed by atoms with Crippen molar-refractivity contribution in [2.75, 3.05) is 5.75 Å². The number of allylic oxidation sites excluding steroid dienone is 1. The van der Waals surface area contributed by atoms with Gasteiger partial charge in [-0.3, -0.25) is 0 Å². The third kappa shape index (κ3) is 7.24. The molecule has 0 amide bonds. The minimum atomic E-state index is -5.07. The summed E-state index contributed by atoms with van der Waals surface area (Å²) < 4.78 is 81.8. The zero-order valence-corrected chi connectivity index (χ0v) is 16.1. The molecule has 2 unspecified atom stereocenters. The SMILES string of the molecule is CCCS(=O)(=O)NC1CCCC=C1c1ccc(OS(=O)OC(F)(F)F)cc1. The zero-order valence-electron chi connectivity index (χ0n) is 14.5. The van der Waals surface area contributed by atoms with Crippen LogP contribution in [0.25, 0.3) is 5.57 Å². The lowest BCUT2D eigenvalue weighted by atomic mass is 9.90. The van der Waals surface area contributed by atoms with Crippen LogP contribution >= 0.6 is 0 Å². The van der Waals surface area contributed by atoms with Crippen LogP contribution < -0.4 is 8.91 Å². The highest BCUT2D eigenvalue weighted by atomic mass is 32.2. The van der Waals surface area contributed by atoms with E-state index in [1.54, 1.807) is 19.1 Å².